The molecule has 0 saturated carbocycles. The average molecular weight is 655 g/mol. The highest BCUT2D eigenvalue weighted by Gasteiger charge is 2.50. The molecule has 0 bridgehead atoms. The maximum Gasteiger partial charge on any atom is 0.337 e. The van der Waals surface area contributed by atoms with Gasteiger partial charge in [0.1, 0.15) is 17.7 Å². The summed E-state index contributed by atoms with van der Waals surface area (Å²) in [6.07, 6.45) is 1.45. The van der Waals surface area contributed by atoms with Gasteiger partial charge >= 0.3 is 5.97 Å². The molecule has 2 unspecified atom stereocenters. The van der Waals surface area contributed by atoms with Gasteiger partial charge in [0.2, 0.25) is 5.91 Å². The van der Waals surface area contributed by atoms with Crippen molar-refractivity contribution in [1.82, 2.24) is 5.32 Å². The van der Waals surface area contributed by atoms with Crippen molar-refractivity contribution in [2.45, 2.75) is 43.4 Å². The summed E-state index contributed by atoms with van der Waals surface area (Å²) in [4.78, 5) is 28.4. The van der Waals surface area contributed by atoms with E-state index in [0.717, 1.165) is 46.9 Å². The maximum absolute atomic E-state index is 14.2. The summed E-state index contributed by atoms with van der Waals surface area (Å²) >= 11 is 1.63. The van der Waals surface area contributed by atoms with Crippen LogP contribution in [0.5, 0.6) is 17.2 Å². The van der Waals surface area contributed by atoms with Gasteiger partial charge in [-0.2, -0.15) is 0 Å². The molecule has 1 saturated heterocycles. The van der Waals surface area contributed by atoms with Crippen LogP contribution in [0.3, 0.4) is 0 Å². The number of nitrogens with zero attached hydrogens (tertiary/aromatic N) is 1. The first kappa shape index (κ1) is 33.9. The largest absolute Gasteiger partial charge is 0.493 e. The molecule has 4 aromatic rings. The Morgan fingerprint density at radius 2 is 1.66 bits per heavy atom. The summed E-state index contributed by atoms with van der Waals surface area (Å²) in [6, 6.07) is 31.0. The van der Waals surface area contributed by atoms with Crippen molar-refractivity contribution in [3.63, 3.8) is 0 Å². The van der Waals surface area contributed by atoms with E-state index in [1.54, 1.807) is 37.1 Å². The van der Waals surface area contributed by atoms with Gasteiger partial charge in [-0.05, 0) is 98.9 Å². The van der Waals surface area contributed by atoms with Gasteiger partial charge in [-0.3, -0.25) is 9.69 Å². The predicted octanol–water partition coefficient (Wildman–Crippen LogP) is 7.22. The monoisotopic (exact) mass is 654 g/mol. The van der Waals surface area contributed by atoms with Gasteiger partial charge in [0.25, 0.3) is 0 Å². The molecule has 5 rings (SSSR count). The third-order valence-electron chi connectivity index (χ3n) is 8.13. The Morgan fingerprint density at radius 3 is 2.38 bits per heavy atom. The van der Waals surface area contributed by atoms with Crippen molar-refractivity contribution in [3.05, 3.63) is 119 Å². The van der Waals surface area contributed by atoms with Crippen LogP contribution in [0.4, 0.5) is 5.69 Å². The van der Waals surface area contributed by atoms with Crippen molar-refractivity contribution in [2.75, 3.05) is 38.8 Å². The molecule has 8 nitrogen and oxygen atoms in total. The van der Waals surface area contributed by atoms with Crippen LogP contribution in [0.25, 0.3) is 0 Å². The molecule has 0 radical (unpaired) electrons. The lowest BCUT2D eigenvalue weighted by atomic mass is 10.0. The van der Waals surface area contributed by atoms with E-state index < -0.39 is 10.7 Å². The van der Waals surface area contributed by atoms with Crippen LogP contribution in [0.1, 0.15) is 52.7 Å². The molecule has 4 aromatic carbocycles. The summed E-state index contributed by atoms with van der Waals surface area (Å²) in [7, 11) is 2.99. The Balaban J connectivity index is 1.29. The molecular formula is C38H42N2O6S. The minimum atomic E-state index is -0.691. The molecule has 1 aliphatic heterocycles. The van der Waals surface area contributed by atoms with Crippen LogP contribution in [0.15, 0.2) is 97.1 Å². The van der Waals surface area contributed by atoms with Crippen LogP contribution >= 0.6 is 11.8 Å². The number of hydrogen-bond donors (Lipinski definition) is 1. The highest BCUT2D eigenvalue weighted by Crippen LogP contribution is 2.52. The summed E-state index contributed by atoms with van der Waals surface area (Å²) in [6.45, 7) is 6.42. The number of benzene rings is 4. The first-order valence-electron chi connectivity index (χ1n) is 15.8. The van der Waals surface area contributed by atoms with Gasteiger partial charge in [-0.1, -0.05) is 54.6 Å². The third-order valence-corrected chi connectivity index (χ3v) is 9.74. The lowest BCUT2D eigenvalue weighted by Gasteiger charge is -2.25. The fourth-order valence-corrected chi connectivity index (χ4v) is 7.07. The fraction of sp³-hybridized carbons (Fsp3) is 0.316. The third kappa shape index (κ3) is 8.28. The number of ether oxygens (including phenoxy) is 4. The molecule has 0 aromatic heterocycles. The zero-order chi connectivity index (χ0) is 33.2. The number of carbonyl (C=O) groups excluding carboxylic acids is 2. The van der Waals surface area contributed by atoms with E-state index in [1.807, 2.05) is 97.6 Å². The van der Waals surface area contributed by atoms with E-state index >= 15 is 0 Å². The molecule has 246 valence electrons. The SMILES string of the molecule is CCOc1cc(CCNCCC2(C)SC(c3ccc(OCc4ccccc4)cc3)N(c3cccc(C(=O)OC)c3)C2=O)ccc1OC. The van der Waals surface area contributed by atoms with E-state index in [0.29, 0.717) is 37.4 Å². The summed E-state index contributed by atoms with van der Waals surface area (Å²) in [5.74, 6) is 1.77. The van der Waals surface area contributed by atoms with Gasteiger partial charge in [-0.25, -0.2) is 4.79 Å². The Kier molecular flexibility index (Phi) is 11.5. The van der Waals surface area contributed by atoms with Gasteiger partial charge in [0.15, 0.2) is 11.5 Å². The quantitative estimate of drug-likeness (QED) is 0.106. The van der Waals surface area contributed by atoms with Crippen molar-refractivity contribution >= 4 is 29.3 Å². The zero-order valence-electron chi connectivity index (χ0n) is 27.4. The Bertz CT molecular complexity index is 1650. The molecule has 1 aliphatic rings. The number of carbonyl (C=O) groups is 2. The van der Waals surface area contributed by atoms with Crippen molar-refractivity contribution < 1.29 is 28.5 Å². The van der Waals surface area contributed by atoms with Gasteiger partial charge < -0.3 is 24.3 Å². The maximum atomic E-state index is 14.2. The summed E-state index contributed by atoms with van der Waals surface area (Å²) < 4.78 is 21.4. The Hall–Kier alpha value is -4.47. The van der Waals surface area contributed by atoms with Crippen molar-refractivity contribution in [3.8, 4) is 17.2 Å². The summed E-state index contributed by atoms with van der Waals surface area (Å²) in [5, 5.41) is 3.24. The molecule has 1 fully saturated rings. The number of rotatable bonds is 15. The Labute approximate surface area is 281 Å². The summed E-state index contributed by atoms with van der Waals surface area (Å²) in [5.41, 5.74) is 4.26. The number of amides is 1. The molecule has 0 spiro atoms. The number of thioether (sulfide) groups is 1. The van der Waals surface area contributed by atoms with Crippen LogP contribution in [-0.2, 0) is 22.6 Å². The van der Waals surface area contributed by atoms with Gasteiger partial charge in [0.05, 0.1) is 31.1 Å². The number of anilines is 1. The second-order valence-corrected chi connectivity index (χ2v) is 13.0. The molecule has 0 aliphatic carbocycles. The normalized spacial score (nSPS) is 17.4. The van der Waals surface area contributed by atoms with Crippen molar-refractivity contribution in [1.29, 1.82) is 0 Å². The molecule has 1 heterocycles. The second kappa shape index (κ2) is 15.9. The highest BCUT2D eigenvalue weighted by molar-refractivity contribution is 8.02. The van der Waals surface area contributed by atoms with E-state index in [9.17, 15) is 9.59 Å². The highest BCUT2D eigenvalue weighted by atomic mass is 32.2. The number of nitrogens with one attached hydrogen (secondary N) is 1. The van der Waals surface area contributed by atoms with E-state index in [2.05, 4.69) is 5.32 Å². The van der Waals surface area contributed by atoms with E-state index in [-0.39, 0.29) is 11.3 Å². The number of hydrogen-bond acceptors (Lipinski definition) is 8. The molecule has 9 heteroatoms. The van der Waals surface area contributed by atoms with E-state index in [4.69, 9.17) is 18.9 Å². The fourth-order valence-electron chi connectivity index (χ4n) is 5.55. The minimum absolute atomic E-state index is 0.00256. The average Bonchev–Trinajstić information content (AvgIpc) is 3.37. The van der Waals surface area contributed by atoms with Crippen LogP contribution in [-0.4, -0.2) is 50.5 Å². The smallest absolute Gasteiger partial charge is 0.337 e. The Morgan fingerprint density at radius 1 is 0.872 bits per heavy atom. The lowest BCUT2D eigenvalue weighted by Crippen LogP contribution is -2.39. The number of methoxy groups -OCH3 is 2. The first-order chi connectivity index (χ1) is 22.8. The van der Waals surface area contributed by atoms with Gasteiger partial charge in [0, 0.05) is 5.69 Å². The minimum Gasteiger partial charge on any atom is -0.493 e. The van der Waals surface area contributed by atoms with Gasteiger partial charge in [-0.15, -0.1) is 11.8 Å². The second-order valence-electron chi connectivity index (χ2n) is 11.4. The predicted molar refractivity (Wildman–Crippen MR) is 187 cm³/mol. The molecule has 1 amide bonds. The van der Waals surface area contributed by atoms with E-state index in [1.165, 1.54) is 7.11 Å². The topological polar surface area (TPSA) is 86.3 Å². The van der Waals surface area contributed by atoms with Crippen LogP contribution < -0.4 is 24.4 Å². The first-order valence-corrected chi connectivity index (χ1v) is 16.7. The van der Waals surface area contributed by atoms with Crippen molar-refractivity contribution in [2.24, 2.45) is 0 Å². The number of esters is 1. The molecule has 2 atom stereocenters. The zero-order valence-corrected chi connectivity index (χ0v) is 28.2. The molecule has 47 heavy (non-hydrogen) atoms. The lowest BCUT2D eigenvalue weighted by molar-refractivity contribution is -0.120. The molecular weight excluding hydrogens is 612 g/mol. The van der Waals surface area contributed by atoms with Crippen LogP contribution in [0, 0.1) is 0 Å². The molecule has 1 N–H and O–H groups in total. The standard InChI is InChI=1S/C38H42N2O6S/c1-5-45-34-24-27(14-19-33(34)43-3)20-22-39-23-21-38(2)37(42)40(31-13-9-12-30(25-31)36(41)44-4)35(47-38)29-15-17-32(18-16-29)46-26-28-10-7-6-8-11-28/h6-19,24-25,35,39H,5,20-23,26H2,1-4H3. The van der Waals surface area contributed by atoms with Crippen LogP contribution in [0.2, 0.25) is 0 Å².